The first-order valence-corrected chi connectivity index (χ1v) is 7.94. The molecule has 1 N–H and O–H groups in total. The Morgan fingerprint density at radius 2 is 1.53 bits per heavy atom. The summed E-state index contributed by atoms with van der Waals surface area (Å²) in [5, 5.41) is 3.66. The third kappa shape index (κ3) is 4.99. The third-order valence-electron chi connectivity index (χ3n) is 3.93. The number of rotatable bonds is 8. The summed E-state index contributed by atoms with van der Waals surface area (Å²) in [5.74, 6) is 1.46. The van der Waals surface area contributed by atoms with Gasteiger partial charge in [-0.15, -0.1) is 0 Å². The van der Waals surface area contributed by atoms with Crippen molar-refractivity contribution >= 4 is 0 Å². The van der Waals surface area contributed by atoms with Crippen molar-refractivity contribution in [1.29, 1.82) is 0 Å². The minimum atomic E-state index is 0.508. The minimum Gasteiger partial charge on any atom is -0.310 e. The molecule has 19 heavy (non-hydrogen) atoms. The molecule has 1 unspecified atom stereocenters. The molecule has 0 aromatic heterocycles. The molecule has 0 aliphatic carbocycles. The Bertz CT molecular complexity index is 335. The van der Waals surface area contributed by atoms with Gasteiger partial charge in [-0.2, -0.15) is 0 Å². The Balaban J connectivity index is 2.84. The van der Waals surface area contributed by atoms with E-state index >= 15 is 0 Å². The Morgan fingerprint density at radius 1 is 0.947 bits per heavy atom. The van der Waals surface area contributed by atoms with Gasteiger partial charge < -0.3 is 5.32 Å². The second kappa shape index (κ2) is 8.37. The summed E-state index contributed by atoms with van der Waals surface area (Å²) in [6, 6.07) is 9.77. The van der Waals surface area contributed by atoms with E-state index in [2.05, 4.69) is 64.2 Å². The van der Waals surface area contributed by atoms with Crippen LogP contribution >= 0.6 is 0 Å². The molecule has 1 aromatic rings. The highest BCUT2D eigenvalue weighted by atomic mass is 14.9. The highest BCUT2D eigenvalue weighted by molar-refractivity contribution is 5.26. The van der Waals surface area contributed by atoms with Crippen LogP contribution < -0.4 is 5.32 Å². The van der Waals surface area contributed by atoms with Gasteiger partial charge in [0.15, 0.2) is 0 Å². The fraction of sp³-hybridized carbons (Fsp3) is 0.667. The fourth-order valence-corrected chi connectivity index (χ4v) is 2.87. The third-order valence-corrected chi connectivity index (χ3v) is 3.93. The van der Waals surface area contributed by atoms with Gasteiger partial charge in [-0.05, 0) is 35.9 Å². The summed E-state index contributed by atoms with van der Waals surface area (Å²) in [4.78, 5) is 0. The first-order chi connectivity index (χ1) is 9.12. The first-order valence-electron chi connectivity index (χ1n) is 7.94. The number of hydrogen-bond donors (Lipinski definition) is 1. The highest BCUT2D eigenvalue weighted by Gasteiger charge is 2.19. The van der Waals surface area contributed by atoms with E-state index < -0.39 is 0 Å². The minimum absolute atomic E-state index is 0.508. The van der Waals surface area contributed by atoms with Crippen molar-refractivity contribution in [3.05, 3.63) is 35.4 Å². The molecule has 1 aromatic carbocycles. The fourth-order valence-electron chi connectivity index (χ4n) is 2.87. The van der Waals surface area contributed by atoms with Crippen molar-refractivity contribution < 1.29 is 0 Å². The molecule has 0 saturated heterocycles. The van der Waals surface area contributed by atoms with Crippen LogP contribution in [0.25, 0.3) is 0 Å². The van der Waals surface area contributed by atoms with Gasteiger partial charge >= 0.3 is 0 Å². The summed E-state index contributed by atoms with van der Waals surface area (Å²) in [6.07, 6.45) is 3.65. The predicted molar refractivity (Wildman–Crippen MR) is 85.5 cm³/mol. The van der Waals surface area contributed by atoms with Crippen molar-refractivity contribution in [2.45, 2.75) is 59.9 Å². The van der Waals surface area contributed by atoms with Crippen molar-refractivity contribution in [2.75, 3.05) is 6.54 Å². The summed E-state index contributed by atoms with van der Waals surface area (Å²) in [7, 11) is 0. The van der Waals surface area contributed by atoms with Crippen LogP contribution in [0.5, 0.6) is 0 Å². The molecule has 1 nitrogen and oxygen atoms in total. The second-order valence-electron chi connectivity index (χ2n) is 5.95. The van der Waals surface area contributed by atoms with Gasteiger partial charge in [0.25, 0.3) is 0 Å². The SMILES string of the molecule is CCNC(c1ccc(CC(C)C)cc1)C(CC)CC. The van der Waals surface area contributed by atoms with Crippen molar-refractivity contribution in [2.24, 2.45) is 11.8 Å². The zero-order valence-corrected chi connectivity index (χ0v) is 13.4. The molecule has 0 aliphatic rings. The molecule has 0 heterocycles. The quantitative estimate of drug-likeness (QED) is 0.696. The molecule has 0 radical (unpaired) electrons. The maximum atomic E-state index is 3.66. The van der Waals surface area contributed by atoms with E-state index in [-0.39, 0.29) is 0 Å². The van der Waals surface area contributed by atoms with Crippen LogP contribution in [0.2, 0.25) is 0 Å². The molecule has 0 amide bonds. The zero-order valence-electron chi connectivity index (χ0n) is 13.4. The smallest absolute Gasteiger partial charge is 0.0348 e. The molecular formula is C18H31N. The maximum Gasteiger partial charge on any atom is 0.0348 e. The highest BCUT2D eigenvalue weighted by Crippen LogP contribution is 2.27. The molecule has 0 bridgehead atoms. The van der Waals surface area contributed by atoms with Crippen LogP contribution in [0.15, 0.2) is 24.3 Å². The summed E-state index contributed by atoms with van der Waals surface area (Å²) in [5.41, 5.74) is 2.90. The number of nitrogens with one attached hydrogen (secondary N) is 1. The average molecular weight is 261 g/mol. The molecular weight excluding hydrogens is 230 g/mol. The van der Waals surface area contributed by atoms with Gasteiger partial charge in [0, 0.05) is 6.04 Å². The van der Waals surface area contributed by atoms with Crippen molar-refractivity contribution in [1.82, 2.24) is 5.32 Å². The lowest BCUT2D eigenvalue weighted by Gasteiger charge is -2.27. The van der Waals surface area contributed by atoms with Crippen molar-refractivity contribution in [3.63, 3.8) is 0 Å². The standard InChI is InChI=1S/C18H31N/c1-6-16(7-2)18(19-8-3)17-11-9-15(10-12-17)13-14(4)5/h9-12,14,16,18-19H,6-8,13H2,1-5H3. The second-order valence-corrected chi connectivity index (χ2v) is 5.95. The van der Waals surface area contributed by atoms with Crippen LogP contribution in [0.4, 0.5) is 0 Å². The Hall–Kier alpha value is -0.820. The monoisotopic (exact) mass is 261 g/mol. The Labute approximate surface area is 119 Å². The van der Waals surface area contributed by atoms with Gasteiger partial charge in [-0.25, -0.2) is 0 Å². The molecule has 1 atom stereocenters. The van der Waals surface area contributed by atoms with Crippen LogP contribution in [-0.4, -0.2) is 6.54 Å². The Morgan fingerprint density at radius 3 is 1.95 bits per heavy atom. The summed E-state index contributed by atoms with van der Waals surface area (Å²) < 4.78 is 0. The van der Waals surface area contributed by atoms with E-state index in [1.807, 2.05) is 0 Å². The van der Waals surface area contributed by atoms with E-state index in [4.69, 9.17) is 0 Å². The van der Waals surface area contributed by atoms with Gasteiger partial charge in [0.05, 0.1) is 0 Å². The van der Waals surface area contributed by atoms with Crippen LogP contribution in [0.1, 0.15) is 64.6 Å². The molecule has 0 saturated carbocycles. The van der Waals surface area contributed by atoms with Gasteiger partial charge in [-0.3, -0.25) is 0 Å². The number of benzene rings is 1. The van der Waals surface area contributed by atoms with E-state index in [0.717, 1.165) is 18.4 Å². The molecule has 0 aliphatic heterocycles. The summed E-state index contributed by atoms with van der Waals surface area (Å²) in [6.45, 7) is 12.4. The topological polar surface area (TPSA) is 12.0 Å². The van der Waals surface area contributed by atoms with Gasteiger partial charge in [0.2, 0.25) is 0 Å². The van der Waals surface area contributed by atoms with Gasteiger partial charge in [-0.1, -0.05) is 71.7 Å². The number of hydrogen-bond acceptors (Lipinski definition) is 1. The molecule has 1 heteroatoms. The molecule has 0 spiro atoms. The molecule has 0 fully saturated rings. The normalized spacial score (nSPS) is 13.2. The van der Waals surface area contributed by atoms with Crippen LogP contribution in [0.3, 0.4) is 0 Å². The van der Waals surface area contributed by atoms with E-state index in [9.17, 15) is 0 Å². The molecule has 108 valence electrons. The predicted octanol–water partition coefficient (Wildman–Crippen LogP) is 4.97. The Kier molecular flexibility index (Phi) is 7.15. The van der Waals surface area contributed by atoms with Crippen LogP contribution in [-0.2, 0) is 6.42 Å². The lowest BCUT2D eigenvalue weighted by molar-refractivity contribution is 0.346. The lowest BCUT2D eigenvalue weighted by Crippen LogP contribution is -2.27. The largest absolute Gasteiger partial charge is 0.310 e. The van der Waals surface area contributed by atoms with E-state index in [1.54, 1.807) is 0 Å². The maximum absolute atomic E-state index is 3.66. The van der Waals surface area contributed by atoms with Crippen molar-refractivity contribution in [3.8, 4) is 0 Å². The van der Waals surface area contributed by atoms with Gasteiger partial charge in [0.1, 0.15) is 0 Å². The van der Waals surface area contributed by atoms with Crippen LogP contribution in [0, 0.1) is 11.8 Å². The zero-order chi connectivity index (χ0) is 14.3. The lowest BCUT2D eigenvalue weighted by atomic mass is 9.88. The van der Waals surface area contributed by atoms with E-state index in [1.165, 1.54) is 30.4 Å². The summed E-state index contributed by atoms with van der Waals surface area (Å²) >= 11 is 0. The van der Waals surface area contributed by atoms with E-state index in [0.29, 0.717) is 6.04 Å². The molecule has 1 rings (SSSR count). The first kappa shape index (κ1) is 16.2. The average Bonchev–Trinajstić information content (AvgIpc) is 2.39.